The number of rotatable bonds is 6. The summed E-state index contributed by atoms with van der Waals surface area (Å²) < 4.78 is 5.10. The Morgan fingerprint density at radius 3 is 2.44 bits per heavy atom. The molecule has 18 heavy (non-hydrogen) atoms. The SMILES string of the molecule is COc1ccc(N)cc1C(=O)N(CCO)CCO. The topological polar surface area (TPSA) is 96.0 Å². The summed E-state index contributed by atoms with van der Waals surface area (Å²) in [5.74, 6) is 0.0809. The van der Waals surface area contributed by atoms with E-state index in [0.29, 0.717) is 17.0 Å². The van der Waals surface area contributed by atoms with Gasteiger partial charge in [-0.3, -0.25) is 4.79 Å². The summed E-state index contributed by atoms with van der Waals surface area (Å²) in [7, 11) is 1.46. The first-order valence-electron chi connectivity index (χ1n) is 5.58. The van der Waals surface area contributed by atoms with Gasteiger partial charge in [0.05, 0.1) is 25.9 Å². The average Bonchev–Trinajstić information content (AvgIpc) is 2.37. The molecule has 0 aromatic heterocycles. The van der Waals surface area contributed by atoms with Crippen LogP contribution in [0.4, 0.5) is 5.69 Å². The number of aliphatic hydroxyl groups excluding tert-OH is 2. The van der Waals surface area contributed by atoms with Crippen molar-refractivity contribution in [2.24, 2.45) is 0 Å². The average molecular weight is 254 g/mol. The summed E-state index contributed by atoms with van der Waals surface area (Å²) in [4.78, 5) is 13.6. The molecule has 6 heteroatoms. The number of hydrogen-bond donors (Lipinski definition) is 3. The number of anilines is 1. The molecule has 4 N–H and O–H groups in total. The van der Waals surface area contributed by atoms with Gasteiger partial charge in [0.1, 0.15) is 5.75 Å². The smallest absolute Gasteiger partial charge is 0.257 e. The molecule has 1 amide bonds. The van der Waals surface area contributed by atoms with Crippen molar-refractivity contribution in [2.45, 2.75) is 0 Å². The van der Waals surface area contributed by atoms with Crippen molar-refractivity contribution in [2.75, 3.05) is 39.1 Å². The number of nitrogens with two attached hydrogens (primary N) is 1. The Kier molecular flexibility index (Phi) is 5.41. The molecule has 6 nitrogen and oxygen atoms in total. The Morgan fingerprint density at radius 2 is 1.94 bits per heavy atom. The van der Waals surface area contributed by atoms with Crippen LogP contribution in [0.3, 0.4) is 0 Å². The van der Waals surface area contributed by atoms with Crippen molar-refractivity contribution in [1.29, 1.82) is 0 Å². The van der Waals surface area contributed by atoms with Crippen molar-refractivity contribution in [3.63, 3.8) is 0 Å². The fourth-order valence-electron chi connectivity index (χ4n) is 1.62. The third kappa shape index (κ3) is 3.35. The van der Waals surface area contributed by atoms with Gasteiger partial charge in [0.25, 0.3) is 5.91 Å². The molecular weight excluding hydrogens is 236 g/mol. The second-order valence-corrected chi connectivity index (χ2v) is 3.70. The van der Waals surface area contributed by atoms with E-state index < -0.39 is 0 Å². The van der Waals surface area contributed by atoms with E-state index in [0.717, 1.165) is 0 Å². The summed E-state index contributed by atoms with van der Waals surface area (Å²) in [5.41, 5.74) is 6.41. The highest BCUT2D eigenvalue weighted by Gasteiger charge is 2.19. The number of carbonyl (C=O) groups excluding carboxylic acids is 1. The van der Waals surface area contributed by atoms with Crippen LogP contribution in [0, 0.1) is 0 Å². The molecule has 0 aliphatic rings. The minimum absolute atomic E-state index is 0.150. The Morgan fingerprint density at radius 1 is 1.33 bits per heavy atom. The molecule has 0 radical (unpaired) electrons. The maximum absolute atomic E-state index is 12.2. The molecule has 0 spiro atoms. The second-order valence-electron chi connectivity index (χ2n) is 3.70. The zero-order valence-corrected chi connectivity index (χ0v) is 10.3. The van der Waals surface area contributed by atoms with Gasteiger partial charge in [0, 0.05) is 18.8 Å². The van der Waals surface area contributed by atoms with E-state index in [1.54, 1.807) is 12.1 Å². The molecule has 0 heterocycles. The van der Waals surface area contributed by atoms with Gasteiger partial charge < -0.3 is 25.6 Å². The van der Waals surface area contributed by atoms with E-state index in [-0.39, 0.29) is 32.2 Å². The Balaban J connectivity index is 3.02. The van der Waals surface area contributed by atoms with Crippen LogP contribution in [0.5, 0.6) is 5.75 Å². The van der Waals surface area contributed by atoms with Crippen LogP contribution >= 0.6 is 0 Å². The predicted octanol–water partition coefficient (Wildman–Crippen LogP) is -0.296. The molecule has 0 bridgehead atoms. The zero-order chi connectivity index (χ0) is 13.5. The Hall–Kier alpha value is -1.79. The van der Waals surface area contributed by atoms with Crippen molar-refractivity contribution < 1.29 is 19.7 Å². The van der Waals surface area contributed by atoms with Gasteiger partial charge in [0.2, 0.25) is 0 Å². The molecule has 0 fully saturated rings. The van der Waals surface area contributed by atoms with Crippen molar-refractivity contribution in [3.05, 3.63) is 23.8 Å². The summed E-state index contributed by atoms with van der Waals surface area (Å²) >= 11 is 0. The maximum atomic E-state index is 12.2. The standard InChI is InChI=1S/C12H18N2O4/c1-18-11-3-2-9(13)8-10(11)12(17)14(4-6-15)5-7-16/h2-3,8,15-16H,4-7,13H2,1H3. The van der Waals surface area contributed by atoms with Gasteiger partial charge in [-0.25, -0.2) is 0 Å². The maximum Gasteiger partial charge on any atom is 0.257 e. The van der Waals surface area contributed by atoms with Crippen molar-refractivity contribution in [3.8, 4) is 5.75 Å². The highest BCUT2D eigenvalue weighted by atomic mass is 16.5. The van der Waals surface area contributed by atoms with E-state index in [9.17, 15) is 4.79 Å². The molecule has 0 aliphatic carbocycles. The fourth-order valence-corrected chi connectivity index (χ4v) is 1.62. The summed E-state index contributed by atoms with van der Waals surface area (Å²) in [6.07, 6.45) is 0. The lowest BCUT2D eigenvalue weighted by molar-refractivity contribution is 0.0681. The number of hydrogen-bond acceptors (Lipinski definition) is 5. The van der Waals surface area contributed by atoms with Crippen LogP contribution in [-0.4, -0.2) is 54.4 Å². The van der Waals surface area contributed by atoms with E-state index >= 15 is 0 Å². The van der Waals surface area contributed by atoms with E-state index in [1.807, 2.05) is 0 Å². The number of ether oxygens (including phenoxy) is 1. The minimum atomic E-state index is -0.331. The first-order valence-corrected chi connectivity index (χ1v) is 5.58. The van der Waals surface area contributed by atoms with Crippen LogP contribution in [-0.2, 0) is 0 Å². The summed E-state index contributed by atoms with van der Waals surface area (Å²) in [5, 5.41) is 17.8. The molecule has 1 rings (SSSR count). The molecule has 0 unspecified atom stereocenters. The molecular formula is C12H18N2O4. The van der Waals surface area contributed by atoms with Gasteiger partial charge in [-0.05, 0) is 18.2 Å². The van der Waals surface area contributed by atoms with Crippen LogP contribution in [0.1, 0.15) is 10.4 Å². The molecule has 0 saturated heterocycles. The number of methoxy groups -OCH3 is 1. The molecule has 1 aromatic rings. The lowest BCUT2D eigenvalue weighted by Crippen LogP contribution is -2.36. The number of nitrogen functional groups attached to an aromatic ring is 1. The van der Waals surface area contributed by atoms with Crippen LogP contribution in [0.15, 0.2) is 18.2 Å². The highest BCUT2D eigenvalue weighted by Crippen LogP contribution is 2.22. The Bertz CT molecular complexity index is 403. The van der Waals surface area contributed by atoms with Crippen LogP contribution in [0.2, 0.25) is 0 Å². The van der Waals surface area contributed by atoms with Crippen LogP contribution in [0.25, 0.3) is 0 Å². The highest BCUT2D eigenvalue weighted by molar-refractivity contribution is 5.97. The van der Waals surface area contributed by atoms with Gasteiger partial charge in [-0.15, -0.1) is 0 Å². The lowest BCUT2D eigenvalue weighted by atomic mass is 10.1. The molecule has 100 valence electrons. The number of aliphatic hydroxyl groups is 2. The van der Waals surface area contributed by atoms with E-state index in [1.165, 1.54) is 18.1 Å². The van der Waals surface area contributed by atoms with E-state index in [4.69, 9.17) is 20.7 Å². The third-order valence-electron chi connectivity index (χ3n) is 2.48. The first kappa shape index (κ1) is 14.3. The zero-order valence-electron chi connectivity index (χ0n) is 10.3. The molecule has 0 aliphatic heterocycles. The number of amides is 1. The van der Waals surface area contributed by atoms with Gasteiger partial charge in [-0.2, -0.15) is 0 Å². The lowest BCUT2D eigenvalue weighted by Gasteiger charge is -2.21. The number of nitrogens with zero attached hydrogens (tertiary/aromatic N) is 1. The summed E-state index contributed by atoms with van der Waals surface area (Å²) in [6.45, 7) is -0.0402. The van der Waals surface area contributed by atoms with E-state index in [2.05, 4.69) is 0 Å². The molecule has 0 saturated carbocycles. The normalized spacial score (nSPS) is 10.2. The number of benzene rings is 1. The van der Waals surface area contributed by atoms with Gasteiger partial charge in [-0.1, -0.05) is 0 Å². The van der Waals surface area contributed by atoms with Crippen LogP contribution < -0.4 is 10.5 Å². The third-order valence-corrected chi connectivity index (χ3v) is 2.48. The minimum Gasteiger partial charge on any atom is -0.496 e. The predicted molar refractivity (Wildman–Crippen MR) is 67.5 cm³/mol. The van der Waals surface area contributed by atoms with Gasteiger partial charge in [0.15, 0.2) is 0 Å². The molecule has 1 aromatic carbocycles. The van der Waals surface area contributed by atoms with Crippen molar-refractivity contribution >= 4 is 11.6 Å². The quantitative estimate of drug-likeness (QED) is 0.606. The van der Waals surface area contributed by atoms with Crippen molar-refractivity contribution in [1.82, 2.24) is 4.90 Å². The molecule has 0 atom stereocenters. The first-order chi connectivity index (χ1) is 8.63. The number of carbonyl (C=O) groups is 1. The summed E-state index contributed by atoms with van der Waals surface area (Å²) in [6, 6.07) is 4.76. The van der Waals surface area contributed by atoms with Gasteiger partial charge >= 0.3 is 0 Å². The Labute approximate surface area is 106 Å². The monoisotopic (exact) mass is 254 g/mol. The fraction of sp³-hybridized carbons (Fsp3) is 0.417. The largest absolute Gasteiger partial charge is 0.496 e. The second kappa shape index (κ2) is 6.83.